The van der Waals surface area contributed by atoms with Crippen molar-refractivity contribution in [1.29, 1.82) is 0 Å². The van der Waals surface area contributed by atoms with Crippen LogP contribution in [0.2, 0.25) is 0 Å². The van der Waals surface area contributed by atoms with Crippen LogP contribution in [0.1, 0.15) is 49.9 Å². The Bertz CT molecular complexity index is 1420. The smallest absolute Gasteiger partial charge is 0.297 e. The van der Waals surface area contributed by atoms with Crippen LogP contribution < -0.4 is 10.4 Å². The van der Waals surface area contributed by atoms with Crippen molar-refractivity contribution in [3.63, 3.8) is 0 Å². The fourth-order valence-electron chi connectivity index (χ4n) is 5.12. The highest BCUT2D eigenvalue weighted by Crippen LogP contribution is 2.36. The van der Waals surface area contributed by atoms with E-state index < -0.39 is 0 Å². The molecule has 0 radical (unpaired) electrons. The molecule has 5 rings (SSSR count). The first-order chi connectivity index (χ1) is 16.5. The predicted octanol–water partition coefficient (Wildman–Crippen LogP) is 6.31. The number of aryl methyl sites for hydroxylation is 1. The van der Waals surface area contributed by atoms with Crippen molar-refractivity contribution in [2.24, 2.45) is 18.0 Å². The van der Waals surface area contributed by atoms with Crippen LogP contribution in [0.4, 0.5) is 5.69 Å². The van der Waals surface area contributed by atoms with Crippen molar-refractivity contribution in [2.75, 3.05) is 0 Å². The van der Waals surface area contributed by atoms with Gasteiger partial charge in [-0.05, 0) is 50.3 Å². The van der Waals surface area contributed by atoms with Gasteiger partial charge in [0.2, 0.25) is 0 Å². The summed E-state index contributed by atoms with van der Waals surface area (Å²) in [5.41, 5.74) is 5.79. The largest absolute Gasteiger partial charge is 0.313 e. The van der Waals surface area contributed by atoms with E-state index in [-0.39, 0.29) is 5.56 Å². The van der Waals surface area contributed by atoms with Crippen LogP contribution in [0.5, 0.6) is 0 Å². The van der Waals surface area contributed by atoms with Crippen molar-refractivity contribution >= 4 is 17.0 Å². The van der Waals surface area contributed by atoms with E-state index in [1.807, 2.05) is 49.0 Å². The molecule has 0 amide bonds. The molecule has 5 nitrogen and oxygen atoms in total. The van der Waals surface area contributed by atoms with Crippen molar-refractivity contribution in [3.05, 3.63) is 86.4 Å². The zero-order chi connectivity index (χ0) is 23.8. The zero-order valence-electron chi connectivity index (χ0n) is 20.4. The fraction of sp³-hybridized carbons (Fsp3) is 0.357. The van der Waals surface area contributed by atoms with Crippen molar-refractivity contribution in [1.82, 2.24) is 13.9 Å². The molecule has 2 atom stereocenters. The highest BCUT2D eigenvalue weighted by Gasteiger charge is 2.26. The lowest BCUT2D eigenvalue weighted by atomic mass is 9.85. The number of thiazole rings is 1. The Morgan fingerprint density at radius 2 is 1.68 bits per heavy atom. The quantitative estimate of drug-likeness (QED) is 0.343. The van der Waals surface area contributed by atoms with Gasteiger partial charge in [-0.15, -0.1) is 11.3 Å². The number of nitrogens with zero attached hydrogens (tertiary/aromatic N) is 4. The van der Waals surface area contributed by atoms with Gasteiger partial charge >= 0.3 is 0 Å². The predicted molar refractivity (Wildman–Crippen MR) is 140 cm³/mol. The van der Waals surface area contributed by atoms with Gasteiger partial charge in [-0.3, -0.25) is 9.48 Å². The molecule has 0 bridgehead atoms. The van der Waals surface area contributed by atoms with Crippen LogP contribution in [0.25, 0.3) is 16.9 Å². The minimum Gasteiger partial charge on any atom is -0.313 e. The summed E-state index contributed by atoms with van der Waals surface area (Å²) in [6.45, 7) is 6.44. The summed E-state index contributed by atoms with van der Waals surface area (Å²) in [4.78, 5) is 19.5. The second kappa shape index (κ2) is 9.26. The van der Waals surface area contributed by atoms with Crippen LogP contribution in [0.3, 0.4) is 0 Å². The van der Waals surface area contributed by atoms with E-state index in [0.717, 1.165) is 22.6 Å². The molecule has 1 aliphatic rings. The molecule has 34 heavy (non-hydrogen) atoms. The standard InChI is InChI=1S/C28H32N4OS/c1-19-14-16-22(17-15-19)25-18-34-28(31(25)24-13-9-8-10-20(24)2)29-26-21(3)30(4)32(27(26)33)23-11-6-5-7-12-23/h5-7,11-12,14-18,20,24H,8-10,13H2,1-4H3. The van der Waals surface area contributed by atoms with Crippen LogP contribution in [0, 0.1) is 19.8 Å². The average molecular weight is 473 g/mol. The molecule has 1 saturated carbocycles. The maximum Gasteiger partial charge on any atom is 0.297 e. The van der Waals surface area contributed by atoms with Crippen LogP contribution in [0.15, 0.2) is 69.8 Å². The van der Waals surface area contributed by atoms with Gasteiger partial charge in [0.05, 0.1) is 17.1 Å². The Morgan fingerprint density at radius 1 is 0.971 bits per heavy atom. The molecule has 4 aromatic rings. The monoisotopic (exact) mass is 472 g/mol. The van der Waals surface area contributed by atoms with E-state index in [0.29, 0.717) is 17.6 Å². The number of hydrogen-bond acceptors (Lipinski definition) is 3. The van der Waals surface area contributed by atoms with Gasteiger partial charge < -0.3 is 4.57 Å². The molecule has 0 spiro atoms. The summed E-state index contributed by atoms with van der Waals surface area (Å²) < 4.78 is 6.02. The maximum absolute atomic E-state index is 13.5. The lowest BCUT2D eigenvalue weighted by Gasteiger charge is -2.31. The maximum atomic E-state index is 13.5. The summed E-state index contributed by atoms with van der Waals surface area (Å²) in [7, 11) is 1.92. The SMILES string of the molecule is Cc1ccc(-c2csc(=Nc3c(C)n(C)n(-c4ccccc4)c3=O)n2C2CCCCC2C)cc1. The third-order valence-corrected chi connectivity index (χ3v) is 8.06. The molecule has 0 N–H and O–H groups in total. The molecule has 1 fully saturated rings. The summed E-state index contributed by atoms with van der Waals surface area (Å²) in [6, 6.07) is 18.9. The molecule has 0 aliphatic heterocycles. The van der Waals surface area contributed by atoms with E-state index in [9.17, 15) is 4.79 Å². The van der Waals surface area contributed by atoms with E-state index in [1.54, 1.807) is 16.0 Å². The van der Waals surface area contributed by atoms with Crippen LogP contribution >= 0.6 is 11.3 Å². The van der Waals surface area contributed by atoms with Gasteiger partial charge in [0.15, 0.2) is 10.5 Å². The Kier molecular flexibility index (Phi) is 6.17. The van der Waals surface area contributed by atoms with E-state index in [2.05, 4.69) is 48.1 Å². The molecule has 176 valence electrons. The highest BCUT2D eigenvalue weighted by atomic mass is 32.1. The molecule has 2 aromatic heterocycles. The molecule has 0 saturated heterocycles. The van der Waals surface area contributed by atoms with Crippen molar-refractivity contribution in [3.8, 4) is 16.9 Å². The first-order valence-electron chi connectivity index (χ1n) is 12.1. The lowest BCUT2D eigenvalue weighted by Crippen LogP contribution is -2.29. The third-order valence-electron chi connectivity index (χ3n) is 7.22. The molecular weight excluding hydrogens is 440 g/mol. The Labute approximate surface area is 204 Å². The number of hydrogen-bond donors (Lipinski definition) is 0. The van der Waals surface area contributed by atoms with Crippen molar-refractivity contribution in [2.45, 2.75) is 52.5 Å². The lowest BCUT2D eigenvalue weighted by molar-refractivity contribution is 0.255. The van der Waals surface area contributed by atoms with Crippen molar-refractivity contribution < 1.29 is 0 Å². The topological polar surface area (TPSA) is 44.2 Å². The third kappa shape index (κ3) is 4.00. The highest BCUT2D eigenvalue weighted by molar-refractivity contribution is 7.07. The van der Waals surface area contributed by atoms with Crippen LogP contribution in [-0.2, 0) is 7.05 Å². The van der Waals surface area contributed by atoms with Gasteiger partial charge in [0, 0.05) is 18.5 Å². The normalized spacial score (nSPS) is 19.0. The molecule has 6 heteroatoms. The number of para-hydroxylation sites is 1. The second-order valence-electron chi connectivity index (χ2n) is 9.49. The first kappa shape index (κ1) is 22.7. The molecular formula is C28H32N4OS. The second-order valence-corrected chi connectivity index (χ2v) is 10.3. The van der Waals surface area contributed by atoms with Gasteiger partial charge in [-0.1, -0.05) is 67.8 Å². The van der Waals surface area contributed by atoms with E-state index in [4.69, 9.17) is 4.99 Å². The molecule has 2 unspecified atom stereocenters. The number of rotatable bonds is 4. The summed E-state index contributed by atoms with van der Waals surface area (Å²) in [5.74, 6) is 0.573. The van der Waals surface area contributed by atoms with Gasteiger partial charge in [-0.25, -0.2) is 9.67 Å². The molecule has 2 aromatic carbocycles. The van der Waals surface area contributed by atoms with Gasteiger partial charge in [0.1, 0.15) is 0 Å². The Balaban J connectivity index is 1.71. The Morgan fingerprint density at radius 3 is 2.38 bits per heavy atom. The molecule has 1 aliphatic carbocycles. The molecule has 2 heterocycles. The van der Waals surface area contributed by atoms with Crippen LogP contribution in [-0.4, -0.2) is 13.9 Å². The summed E-state index contributed by atoms with van der Waals surface area (Å²) >= 11 is 1.63. The zero-order valence-corrected chi connectivity index (χ0v) is 21.2. The first-order valence-corrected chi connectivity index (χ1v) is 13.0. The average Bonchev–Trinajstić information content (AvgIpc) is 3.35. The number of aromatic nitrogens is 3. The van der Waals surface area contributed by atoms with E-state index in [1.165, 1.54) is 36.1 Å². The van der Waals surface area contributed by atoms with Gasteiger partial charge in [0.25, 0.3) is 5.56 Å². The summed E-state index contributed by atoms with van der Waals surface area (Å²) in [5, 5.41) is 2.21. The Hall–Kier alpha value is -3.12. The van der Waals surface area contributed by atoms with E-state index >= 15 is 0 Å². The summed E-state index contributed by atoms with van der Waals surface area (Å²) in [6.07, 6.45) is 4.89. The fourth-order valence-corrected chi connectivity index (χ4v) is 6.07. The minimum absolute atomic E-state index is 0.0836. The van der Waals surface area contributed by atoms with Gasteiger partial charge in [-0.2, -0.15) is 0 Å². The minimum atomic E-state index is -0.0836. The number of benzene rings is 2.